The summed E-state index contributed by atoms with van der Waals surface area (Å²) < 4.78 is 0. The molecular weight excluding hydrogens is 315 g/mol. The zero-order chi connectivity index (χ0) is 18.2. The summed E-state index contributed by atoms with van der Waals surface area (Å²) in [7, 11) is 4.12. The van der Waals surface area contributed by atoms with E-state index in [0.29, 0.717) is 5.56 Å². The van der Waals surface area contributed by atoms with Gasteiger partial charge >= 0.3 is 155 Å². The summed E-state index contributed by atoms with van der Waals surface area (Å²) >= 11 is 0. The molecule has 0 unspecified atom stereocenters. The molecule has 0 aliphatic carbocycles. The maximum absolute atomic E-state index is 12.4. The Balaban J connectivity index is 1.73. The SMILES string of the molecule is B=C(/C=C/c1ccccc1)c1cccc(C(=O)/C=C/c2ccccc2)c1. The molecule has 0 saturated carbocycles. The van der Waals surface area contributed by atoms with Crippen molar-refractivity contribution in [2.75, 3.05) is 0 Å². The molecule has 0 amide bonds. The molecule has 3 aromatic carbocycles. The first-order valence-electron chi connectivity index (χ1n) is 8.52. The van der Waals surface area contributed by atoms with Crippen LogP contribution in [0, 0.1) is 0 Å². The quantitative estimate of drug-likeness (QED) is 0.362. The first-order valence-corrected chi connectivity index (χ1v) is 8.52. The monoisotopic (exact) mass is 334 g/mol. The summed E-state index contributed by atoms with van der Waals surface area (Å²) in [5, 5.41) is 0. The number of hydrogen-bond donors (Lipinski definition) is 0. The molecular formula is C24H19BO. The van der Waals surface area contributed by atoms with Crippen LogP contribution < -0.4 is 0 Å². The summed E-state index contributed by atoms with van der Waals surface area (Å²) in [5.41, 5.74) is 4.59. The van der Waals surface area contributed by atoms with Crippen LogP contribution in [0.3, 0.4) is 0 Å². The van der Waals surface area contributed by atoms with Crippen molar-refractivity contribution in [2.45, 2.75) is 0 Å². The molecule has 0 radical (unpaired) electrons. The van der Waals surface area contributed by atoms with Crippen molar-refractivity contribution in [3.8, 4) is 0 Å². The topological polar surface area (TPSA) is 17.1 Å². The Morgan fingerprint density at radius 2 is 1.19 bits per heavy atom. The van der Waals surface area contributed by atoms with Crippen LogP contribution in [0.4, 0.5) is 0 Å². The predicted molar refractivity (Wildman–Crippen MR) is 113 cm³/mol. The summed E-state index contributed by atoms with van der Waals surface area (Å²) in [4.78, 5) is 12.4. The van der Waals surface area contributed by atoms with E-state index in [1.54, 1.807) is 6.08 Å². The second-order valence-corrected chi connectivity index (χ2v) is 5.96. The molecule has 0 N–H and O–H groups in total. The van der Waals surface area contributed by atoms with E-state index in [1.165, 1.54) is 0 Å². The van der Waals surface area contributed by atoms with Gasteiger partial charge in [0.1, 0.15) is 0 Å². The number of ketones is 1. The number of carbonyl (C=O) groups excluding carboxylic acids is 1. The van der Waals surface area contributed by atoms with Gasteiger partial charge in [0.2, 0.25) is 0 Å². The van der Waals surface area contributed by atoms with Crippen molar-refractivity contribution >= 4 is 30.9 Å². The summed E-state index contributed by atoms with van der Waals surface area (Å²) in [6, 6.07) is 27.4. The third-order valence-corrected chi connectivity index (χ3v) is 4.02. The van der Waals surface area contributed by atoms with Crippen LogP contribution in [-0.2, 0) is 0 Å². The average Bonchev–Trinajstić information content (AvgIpc) is 2.72. The molecule has 124 valence electrons. The number of rotatable bonds is 6. The molecule has 0 aliphatic rings. The molecule has 0 aromatic heterocycles. The molecule has 0 fully saturated rings. The fourth-order valence-electron chi connectivity index (χ4n) is 2.56. The van der Waals surface area contributed by atoms with E-state index in [4.69, 9.17) is 0 Å². The van der Waals surface area contributed by atoms with E-state index in [2.05, 4.69) is 7.49 Å². The molecule has 0 aliphatic heterocycles. The van der Waals surface area contributed by atoms with E-state index in [-0.39, 0.29) is 5.78 Å². The van der Waals surface area contributed by atoms with Gasteiger partial charge in [0.05, 0.1) is 0 Å². The molecule has 0 heterocycles. The standard InChI is InChI=1S/C24H19BO/c25-23(16-14-19-8-3-1-4-9-19)21-12-7-13-22(18-21)24(26)17-15-20-10-5-2-6-11-20/h1-18,25H/b16-14+,17-15+. The zero-order valence-corrected chi connectivity index (χ0v) is 14.5. The van der Waals surface area contributed by atoms with E-state index >= 15 is 0 Å². The summed E-state index contributed by atoms with van der Waals surface area (Å²) in [6.07, 6.45) is 7.43. The van der Waals surface area contributed by atoms with E-state index in [0.717, 1.165) is 22.2 Å². The van der Waals surface area contributed by atoms with Gasteiger partial charge in [0, 0.05) is 0 Å². The van der Waals surface area contributed by atoms with Gasteiger partial charge in [-0.15, -0.1) is 0 Å². The van der Waals surface area contributed by atoms with E-state index in [1.807, 2.05) is 103 Å². The van der Waals surface area contributed by atoms with Gasteiger partial charge in [-0.1, -0.05) is 0 Å². The molecule has 0 saturated heterocycles. The average molecular weight is 334 g/mol. The van der Waals surface area contributed by atoms with Crippen LogP contribution in [0.25, 0.3) is 12.2 Å². The van der Waals surface area contributed by atoms with Crippen LogP contribution >= 0.6 is 0 Å². The van der Waals surface area contributed by atoms with Crippen LogP contribution in [-0.4, -0.2) is 18.7 Å². The van der Waals surface area contributed by atoms with Gasteiger partial charge in [-0.3, -0.25) is 0 Å². The number of hydrogen-bond acceptors (Lipinski definition) is 1. The first kappa shape index (κ1) is 17.6. The van der Waals surface area contributed by atoms with Gasteiger partial charge in [-0.25, -0.2) is 0 Å². The van der Waals surface area contributed by atoms with Crippen molar-refractivity contribution in [2.24, 2.45) is 0 Å². The molecule has 0 atom stereocenters. The predicted octanol–water partition coefficient (Wildman–Crippen LogP) is 4.72. The zero-order valence-electron chi connectivity index (χ0n) is 14.5. The van der Waals surface area contributed by atoms with Crippen molar-refractivity contribution in [3.63, 3.8) is 0 Å². The third-order valence-electron chi connectivity index (χ3n) is 4.02. The molecule has 3 aromatic rings. The minimum absolute atomic E-state index is 0.0180. The molecule has 26 heavy (non-hydrogen) atoms. The van der Waals surface area contributed by atoms with Crippen LogP contribution in [0.1, 0.15) is 27.0 Å². The molecule has 3 rings (SSSR count). The third kappa shape index (κ3) is 4.87. The van der Waals surface area contributed by atoms with Gasteiger partial charge in [-0.2, -0.15) is 0 Å². The molecule has 1 nitrogen and oxygen atoms in total. The number of allylic oxidation sites excluding steroid dienone is 2. The second-order valence-electron chi connectivity index (χ2n) is 5.96. The van der Waals surface area contributed by atoms with Crippen LogP contribution in [0.15, 0.2) is 97.1 Å². The number of carbonyl (C=O) groups is 1. The molecule has 0 spiro atoms. The Hall–Kier alpha value is -3.26. The first-order chi connectivity index (χ1) is 12.7. The maximum atomic E-state index is 12.4. The Morgan fingerprint density at radius 1 is 0.654 bits per heavy atom. The fourth-order valence-corrected chi connectivity index (χ4v) is 2.56. The Kier molecular flexibility index (Phi) is 5.90. The molecule has 0 bridgehead atoms. The number of benzene rings is 3. The van der Waals surface area contributed by atoms with Crippen molar-refractivity contribution in [1.29, 1.82) is 0 Å². The van der Waals surface area contributed by atoms with Crippen LogP contribution in [0.5, 0.6) is 0 Å². The Labute approximate surface area is 155 Å². The van der Waals surface area contributed by atoms with E-state index in [9.17, 15) is 4.79 Å². The normalized spacial score (nSPS) is 11.0. The van der Waals surface area contributed by atoms with Gasteiger partial charge in [0.25, 0.3) is 0 Å². The summed E-state index contributed by atoms with van der Waals surface area (Å²) in [5.74, 6) is -0.0180. The second kappa shape index (κ2) is 8.73. The van der Waals surface area contributed by atoms with Crippen molar-refractivity contribution < 1.29 is 4.79 Å². The molecule has 2 heteroatoms. The Morgan fingerprint density at radius 3 is 1.81 bits per heavy atom. The van der Waals surface area contributed by atoms with Gasteiger partial charge in [0.15, 0.2) is 0 Å². The summed E-state index contributed by atoms with van der Waals surface area (Å²) in [6.45, 7) is 0. The Bertz CT molecular complexity index is 877. The van der Waals surface area contributed by atoms with Crippen molar-refractivity contribution in [1.82, 2.24) is 0 Å². The van der Waals surface area contributed by atoms with Crippen molar-refractivity contribution in [3.05, 3.63) is 119 Å². The van der Waals surface area contributed by atoms with Crippen LogP contribution in [0.2, 0.25) is 0 Å². The van der Waals surface area contributed by atoms with Gasteiger partial charge < -0.3 is 0 Å². The minimum atomic E-state index is -0.0180. The van der Waals surface area contributed by atoms with E-state index < -0.39 is 0 Å². The van der Waals surface area contributed by atoms with Gasteiger partial charge in [-0.05, 0) is 0 Å². The fraction of sp³-hybridized carbons (Fsp3) is 0.